The SMILES string of the molecule is Cc1ccc(-c2nc(C)c(C(=O)N(C)Cc3ccc(N4CCOCC4)cc3)s2)c(C)c1. The molecule has 6 heteroatoms. The molecular formula is C25H29N3O2S. The van der Waals surface area contributed by atoms with Crippen LogP contribution in [-0.2, 0) is 11.3 Å². The minimum atomic E-state index is 0.0169. The van der Waals surface area contributed by atoms with Crippen LogP contribution in [0.2, 0.25) is 0 Å². The lowest BCUT2D eigenvalue weighted by Gasteiger charge is -2.29. The van der Waals surface area contributed by atoms with Crippen molar-refractivity contribution in [1.29, 1.82) is 0 Å². The number of carbonyl (C=O) groups is 1. The number of carbonyl (C=O) groups excluding carboxylic acids is 1. The highest BCUT2D eigenvalue weighted by atomic mass is 32.1. The zero-order valence-electron chi connectivity index (χ0n) is 18.6. The summed E-state index contributed by atoms with van der Waals surface area (Å²) in [7, 11) is 1.86. The third-order valence-electron chi connectivity index (χ3n) is 5.68. The van der Waals surface area contributed by atoms with Crippen molar-refractivity contribution in [3.63, 3.8) is 0 Å². The Kier molecular flexibility index (Phi) is 6.39. The first kappa shape index (κ1) is 21.5. The summed E-state index contributed by atoms with van der Waals surface area (Å²) in [5, 5.41) is 0.904. The summed E-state index contributed by atoms with van der Waals surface area (Å²) in [6.45, 7) is 10.1. The number of hydrogen-bond acceptors (Lipinski definition) is 5. The Balaban J connectivity index is 1.46. The van der Waals surface area contributed by atoms with Crippen molar-refractivity contribution in [2.75, 3.05) is 38.3 Å². The van der Waals surface area contributed by atoms with Crippen LogP contribution >= 0.6 is 11.3 Å². The Morgan fingerprint density at radius 3 is 2.48 bits per heavy atom. The van der Waals surface area contributed by atoms with E-state index in [-0.39, 0.29) is 5.91 Å². The van der Waals surface area contributed by atoms with Gasteiger partial charge in [0, 0.05) is 37.9 Å². The van der Waals surface area contributed by atoms with Crippen molar-refractivity contribution in [1.82, 2.24) is 9.88 Å². The lowest BCUT2D eigenvalue weighted by atomic mass is 10.1. The fourth-order valence-corrected chi connectivity index (χ4v) is 5.07. The number of amides is 1. The van der Waals surface area contributed by atoms with Crippen molar-refractivity contribution in [3.8, 4) is 10.6 Å². The fourth-order valence-electron chi connectivity index (χ4n) is 3.92. The van der Waals surface area contributed by atoms with Gasteiger partial charge in [-0.1, -0.05) is 35.9 Å². The lowest BCUT2D eigenvalue weighted by Crippen LogP contribution is -2.36. The van der Waals surface area contributed by atoms with Gasteiger partial charge < -0.3 is 14.5 Å². The van der Waals surface area contributed by atoms with Crippen molar-refractivity contribution in [2.24, 2.45) is 0 Å². The number of anilines is 1. The number of nitrogens with zero attached hydrogens (tertiary/aromatic N) is 3. The van der Waals surface area contributed by atoms with Crippen LogP contribution in [0.25, 0.3) is 10.6 Å². The van der Waals surface area contributed by atoms with Gasteiger partial charge in [-0.25, -0.2) is 4.98 Å². The Hall–Kier alpha value is -2.70. The minimum Gasteiger partial charge on any atom is -0.378 e. The minimum absolute atomic E-state index is 0.0169. The van der Waals surface area contributed by atoms with Gasteiger partial charge >= 0.3 is 0 Å². The number of aryl methyl sites for hydroxylation is 3. The maximum Gasteiger partial charge on any atom is 0.265 e. The summed E-state index contributed by atoms with van der Waals surface area (Å²) >= 11 is 1.48. The summed E-state index contributed by atoms with van der Waals surface area (Å²) in [4.78, 5) is 22.7. The van der Waals surface area contributed by atoms with Gasteiger partial charge in [0.25, 0.3) is 5.91 Å². The van der Waals surface area contributed by atoms with Crippen LogP contribution in [0.1, 0.15) is 32.1 Å². The largest absolute Gasteiger partial charge is 0.378 e. The van der Waals surface area contributed by atoms with Crippen molar-refractivity contribution in [3.05, 3.63) is 69.7 Å². The molecule has 1 saturated heterocycles. The molecule has 4 rings (SSSR count). The maximum absolute atomic E-state index is 13.1. The number of thiazole rings is 1. The van der Waals surface area contributed by atoms with Gasteiger partial charge in [0.1, 0.15) is 9.88 Å². The molecule has 2 aromatic carbocycles. The first-order valence-electron chi connectivity index (χ1n) is 10.6. The molecule has 1 fully saturated rings. The number of hydrogen-bond donors (Lipinski definition) is 0. The van der Waals surface area contributed by atoms with Gasteiger partial charge in [0.2, 0.25) is 0 Å². The molecule has 31 heavy (non-hydrogen) atoms. The van der Waals surface area contributed by atoms with E-state index in [0.717, 1.165) is 48.1 Å². The summed E-state index contributed by atoms with van der Waals surface area (Å²) in [5.41, 5.74) is 6.62. The van der Waals surface area contributed by atoms with Gasteiger partial charge in [-0.05, 0) is 44.0 Å². The number of rotatable bonds is 5. The van der Waals surface area contributed by atoms with Crippen LogP contribution in [0.3, 0.4) is 0 Å². The molecule has 0 atom stereocenters. The van der Waals surface area contributed by atoms with E-state index >= 15 is 0 Å². The zero-order chi connectivity index (χ0) is 22.0. The Bertz CT molecular complexity index is 1070. The molecule has 2 heterocycles. The summed E-state index contributed by atoms with van der Waals surface area (Å²) in [5.74, 6) is 0.0169. The Morgan fingerprint density at radius 2 is 1.81 bits per heavy atom. The number of benzene rings is 2. The topological polar surface area (TPSA) is 45.7 Å². The monoisotopic (exact) mass is 435 g/mol. The first-order chi connectivity index (χ1) is 14.9. The van der Waals surface area contributed by atoms with Crippen LogP contribution < -0.4 is 4.90 Å². The smallest absolute Gasteiger partial charge is 0.265 e. The third-order valence-corrected chi connectivity index (χ3v) is 6.86. The van der Waals surface area contributed by atoms with Gasteiger partial charge in [-0.3, -0.25) is 4.79 Å². The Morgan fingerprint density at radius 1 is 1.10 bits per heavy atom. The van der Waals surface area contributed by atoms with Crippen LogP contribution in [-0.4, -0.2) is 49.1 Å². The van der Waals surface area contributed by atoms with E-state index in [9.17, 15) is 4.79 Å². The molecular weight excluding hydrogens is 406 g/mol. The van der Waals surface area contributed by atoms with E-state index in [2.05, 4.69) is 61.2 Å². The lowest BCUT2D eigenvalue weighted by molar-refractivity contribution is 0.0789. The predicted octanol–water partition coefficient (Wildman–Crippen LogP) is 4.84. The molecule has 0 N–H and O–H groups in total. The molecule has 0 spiro atoms. The van der Waals surface area contributed by atoms with Crippen molar-refractivity contribution in [2.45, 2.75) is 27.3 Å². The predicted molar refractivity (Wildman–Crippen MR) is 127 cm³/mol. The zero-order valence-corrected chi connectivity index (χ0v) is 19.5. The highest BCUT2D eigenvalue weighted by molar-refractivity contribution is 7.17. The van der Waals surface area contributed by atoms with Crippen molar-refractivity contribution >= 4 is 22.9 Å². The summed E-state index contributed by atoms with van der Waals surface area (Å²) in [6.07, 6.45) is 0. The maximum atomic E-state index is 13.1. The summed E-state index contributed by atoms with van der Waals surface area (Å²) < 4.78 is 5.43. The highest BCUT2D eigenvalue weighted by Crippen LogP contribution is 2.31. The van der Waals surface area contributed by atoms with E-state index in [1.54, 1.807) is 4.90 Å². The molecule has 0 unspecified atom stereocenters. The third kappa shape index (κ3) is 4.81. The van der Waals surface area contributed by atoms with Crippen molar-refractivity contribution < 1.29 is 9.53 Å². The average molecular weight is 436 g/mol. The molecule has 1 aromatic heterocycles. The molecule has 0 saturated carbocycles. The standard InChI is InChI=1S/C25H29N3O2S/c1-17-5-10-22(18(2)15-17)24-26-19(3)23(31-24)25(29)27(4)16-20-6-8-21(9-7-20)28-11-13-30-14-12-28/h5-10,15H,11-14,16H2,1-4H3. The van der Waals surface area contributed by atoms with E-state index < -0.39 is 0 Å². The quantitative estimate of drug-likeness (QED) is 0.575. The highest BCUT2D eigenvalue weighted by Gasteiger charge is 2.20. The molecule has 0 bridgehead atoms. The Labute approximate surface area is 188 Å². The molecule has 3 aromatic rings. The number of morpholine rings is 1. The van der Waals surface area contributed by atoms with Crippen LogP contribution in [0.5, 0.6) is 0 Å². The van der Waals surface area contributed by atoms with Gasteiger partial charge in [0.15, 0.2) is 0 Å². The molecule has 0 radical (unpaired) electrons. The second kappa shape index (κ2) is 9.20. The van der Waals surface area contributed by atoms with Gasteiger partial charge in [-0.2, -0.15) is 0 Å². The first-order valence-corrected chi connectivity index (χ1v) is 11.5. The second-order valence-electron chi connectivity index (χ2n) is 8.18. The van der Waals surface area contributed by atoms with Gasteiger partial charge in [0.05, 0.1) is 18.9 Å². The molecule has 0 aliphatic carbocycles. The summed E-state index contributed by atoms with van der Waals surface area (Å²) in [6, 6.07) is 14.8. The second-order valence-corrected chi connectivity index (χ2v) is 9.18. The molecule has 162 valence electrons. The average Bonchev–Trinajstić information content (AvgIpc) is 3.15. The fraction of sp³-hybridized carbons (Fsp3) is 0.360. The molecule has 1 amide bonds. The molecule has 1 aliphatic heterocycles. The van der Waals surface area contributed by atoms with E-state index in [0.29, 0.717) is 11.4 Å². The van der Waals surface area contributed by atoms with Crippen LogP contribution in [0.4, 0.5) is 5.69 Å². The molecule has 5 nitrogen and oxygen atoms in total. The van der Waals surface area contributed by atoms with E-state index in [1.165, 1.54) is 28.2 Å². The van der Waals surface area contributed by atoms with E-state index in [4.69, 9.17) is 9.72 Å². The number of ether oxygens (including phenoxy) is 1. The normalized spacial score (nSPS) is 14.0. The number of aromatic nitrogens is 1. The van der Waals surface area contributed by atoms with Gasteiger partial charge in [-0.15, -0.1) is 11.3 Å². The van der Waals surface area contributed by atoms with E-state index in [1.807, 2.05) is 14.0 Å². The van der Waals surface area contributed by atoms with Crippen LogP contribution in [0, 0.1) is 20.8 Å². The molecule has 1 aliphatic rings. The van der Waals surface area contributed by atoms with Crippen LogP contribution in [0.15, 0.2) is 42.5 Å².